The number of pyridine rings is 1. The third-order valence-electron chi connectivity index (χ3n) is 5.92. The fourth-order valence-corrected chi connectivity index (χ4v) is 4.28. The average molecular weight is 395 g/mol. The summed E-state index contributed by atoms with van der Waals surface area (Å²) in [5.74, 6) is -0.758. The first-order valence-corrected chi connectivity index (χ1v) is 9.93. The molecule has 0 atom stereocenters. The molecule has 0 spiro atoms. The van der Waals surface area contributed by atoms with Gasteiger partial charge in [-0.15, -0.1) is 0 Å². The van der Waals surface area contributed by atoms with Crippen LogP contribution < -0.4 is 10.6 Å². The Labute approximate surface area is 167 Å². The Morgan fingerprint density at radius 2 is 1.76 bits per heavy atom. The van der Waals surface area contributed by atoms with E-state index in [4.69, 9.17) is 0 Å². The zero-order valence-electron chi connectivity index (χ0n) is 16.6. The van der Waals surface area contributed by atoms with Gasteiger partial charge in [-0.1, -0.05) is 0 Å². The molecule has 2 aliphatic rings. The molecule has 29 heavy (non-hydrogen) atoms. The van der Waals surface area contributed by atoms with E-state index in [1.807, 2.05) is 19.2 Å². The lowest BCUT2D eigenvalue weighted by atomic mass is 10.0. The number of aryl methyl sites for hydroxylation is 1. The number of rotatable bonds is 2. The highest BCUT2D eigenvalue weighted by Crippen LogP contribution is 2.22. The molecule has 1 fully saturated rings. The van der Waals surface area contributed by atoms with Crippen molar-refractivity contribution in [3.63, 3.8) is 0 Å². The fourth-order valence-electron chi connectivity index (χ4n) is 4.28. The lowest BCUT2D eigenvalue weighted by Gasteiger charge is -2.36. The van der Waals surface area contributed by atoms with Gasteiger partial charge in [-0.3, -0.25) is 4.99 Å². The van der Waals surface area contributed by atoms with Crippen LogP contribution in [0.4, 0.5) is 8.78 Å². The second-order valence-corrected chi connectivity index (χ2v) is 8.06. The van der Waals surface area contributed by atoms with E-state index in [0.29, 0.717) is 34.4 Å². The zero-order valence-corrected chi connectivity index (χ0v) is 16.6. The number of nitrogens with zero attached hydrogens (tertiary/aromatic N) is 5. The van der Waals surface area contributed by atoms with Crippen LogP contribution >= 0.6 is 0 Å². The van der Waals surface area contributed by atoms with Crippen LogP contribution in [0.5, 0.6) is 0 Å². The van der Waals surface area contributed by atoms with Gasteiger partial charge in [0.1, 0.15) is 12.5 Å². The molecule has 0 radical (unpaired) electrons. The molecule has 1 aromatic carbocycles. The molecule has 0 saturated carbocycles. The highest BCUT2D eigenvalue weighted by molar-refractivity contribution is 5.65. The maximum atomic E-state index is 15.0. The van der Waals surface area contributed by atoms with Crippen molar-refractivity contribution in [3.05, 3.63) is 58.5 Å². The molecule has 0 aliphatic carbocycles. The van der Waals surface area contributed by atoms with Crippen molar-refractivity contribution in [2.45, 2.75) is 25.8 Å². The van der Waals surface area contributed by atoms with Crippen molar-refractivity contribution < 1.29 is 8.78 Å². The van der Waals surface area contributed by atoms with Crippen LogP contribution in [0.2, 0.25) is 0 Å². The lowest BCUT2D eigenvalue weighted by Crippen LogP contribution is -2.46. The first-order chi connectivity index (χ1) is 14.0. The number of piperidine rings is 1. The number of aromatic nitrogens is 2. The van der Waals surface area contributed by atoms with E-state index in [-0.39, 0.29) is 11.5 Å². The van der Waals surface area contributed by atoms with E-state index >= 15 is 0 Å². The molecule has 3 aromatic rings. The summed E-state index contributed by atoms with van der Waals surface area (Å²) in [4.78, 5) is 13.3. The van der Waals surface area contributed by atoms with E-state index in [1.165, 1.54) is 12.1 Å². The van der Waals surface area contributed by atoms with Crippen LogP contribution in [0.15, 0.2) is 35.6 Å². The molecule has 150 valence electrons. The number of halogens is 2. The van der Waals surface area contributed by atoms with Crippen LogP contribution in [0.1, 0.15) is 18.5 Å². The molecule has 1 saturated heterocycles. The molecule has 2 aromatic heterocycles. The fraction of sp³-hybridized carbons (Fsp3) is 0.364. The molecule has 0 bridgehead atoms. The topological polar surface area (TPSA) is 36.1 Å². The van der Waals surface area contributed by atoms with Gasteiger partial charge in [-0.05, 0) is 63.7 Å². The Morgan fingerprint density at radius 1 is 1.00 bits per heavy atom. The highest BCUT2D eigenvalue weighted by atomic mass is 19.1. The van der Waals surface area contributed by atoms with Gasteiger partial charge in [0.2, 0.25) is 0 Å². The molecule has 4 heterocycles. The summed E-state index contributed by atoms with van der Waals surface area (Å²) in [5, 5.41) is 1.13. The maximum Gasteiger partial charge on any atom is 0.173 e. The zero-order chi connectivity index (χ0) is 20.1. The number of likely N-dealkylation sites (tertiary alicyclic amines) is 1. The van der Waals surface area contributed by atoms with Gasteiger partial charge in [-0.25, -0.2) is 13.8 Å². The minimum atomic E-state index is -0.425. The summed E-state index contributed by atoms with van der Waals surface area (Å²) in [6.45, 7) is 4.43. The van der Waals surface area contributed by atoms with E-state index in [0.717, 1.165) is 31.6 Å². The number of hydrogen-bond donors (Lipinski definition) is 0. The maximum absolute atomic E-state index is 15.0. The summed E-state index contributed by atoms with van der Waals surface area (Å²) >= 11 is 0. The summed E-state index contributed by atoms with van der Waals surface area (Å²) in [6.07, 6.45) is 7.55. The largest absolute Gasteiger partial charge is 0.355 e. The molecule has 0 N–H and O–H groups in total. The predicted octanol–water partition coefficient (Wildman–Crippen LogP) is 2.31. The summed E-state index contributed by atoms with van der Waals surface area (Å²) < 4.78 is 31.1. The first kappa shape index (κ1) is 18.2. The number of imidazole rings is 1. The summed E-state index contributed by atoms with van der Waals surface area (Å²) in [7, 11) is 2.13. The van der Waals surface area contributed by atoms with Crippen molar-refractivity contribution in [2.75, 3.05) is 26.8 Å². The van der Waals surface area contributed by atoms with Gasteiger partial charge < -0.3 is 14.2 Å². The van der Waals surface area contributed by atoms with Crippen molar-refractivity contribution in [2.24, 2.45) is 4.99 Å². The van der Waals surface area contributed by atoms with E-state index in [2.05, 4.69) is 26.8 Å². The Kier molecular flexibility index (Phi) is 4.35. The van der Waals surface area contributed by atoms with Gasteiger partial charge in [0.25, 0.3) is 0 Å². The predicted molar refractivity (Wildman–Crippen MR) is 108 cm³/mol. The van der Waals surface area contributed by atoms with Gasteiger partial charge in [0.05, 0.1) is 16.3 Å². The van der Waals surface area contributed by atoms with E-state index in [9.17, 15) is 8.78 Å². The van der Waals surface area contributed by atoms with Gasteiger partial charge in [0, 0.05) is 30.2 Å². The smallest absolute Gasteiger partial charge is 0.173 e. The van der Waals surface area contributed by atoms with Crippen LogP contribution in [0, 0.1) is 18.6 Å². The summed E-state index contributed by atoms with van der Waals surface area (Å²) in [5.41, 5.74) is 2.22. The van der Waals surface area contributed by atoms with Gasteiger partial charge in [0.15, 0.2) is 11.5 Å². The molecule has 0 amide bonds. The lowest BCUT2D eigenvalue weighted by molar-refractivity contribution is 0.173. The quantitative estimate of drug-likeness (QED) is 0.668. The molecule has 0 unspecified atom stereocenters. The van der Waals surface area contributed by atoms with Crippen molar-refractivity contribution >= 4 is 11.8 Å². The summed E-state index contributed by atoms with van der Waals surface area (Å²) in [6, 6.07) is 5.10. The minimum absolute atomic E-state index is 0.275. The standard InChI is InChI=1S/C22H23F2N5/c1-14-10-28-11-16(8-20(24)22(28)26-14)15-7-19(23)18-12-29(13-25-21(18)9-15)17-3-5-27(2)6-4-17/h7-12,17H,3-6,13H2,1-2H3. The highest BCUT2D eigenvalue weighted by Gasteiger charge is 2.22. The molecule has 5 nitrogen and oxygen atoms in total. The third kappa shape index (κ3) is 3.29. The Balaban J connectivity index is 1.53. The van der Waals surface area contributed by atoms with Crippen LogP contribution in [-0.4, -0.2) is 52.0 Å². The average Bonchev–Trinajstić information content (AvgIpc) is 3.09. The van der Waals surface area contributed by atoms with Gasteiger partial charge in [-0.2, -0.15) is 0 Å². The molecule has 2 aliphatic heterocycles. The van der Waals surface area contributed by atoms with Crippen LogP contribution in [0.3, 0.4) is 0 Å². The molecule has 7 heteroatoms. The molecular formula is C22H23F2N5. The number of benzene rings is 1. The van der Waals surface area contributed by atoms with Gasteiger partial charge >= 0.3 is 0 Å². The number of hydrogen-bond acceptors (Lipinski definition) is 4. The Hall–Kier alpha value is -2.80. The number of fused-ring (bicyclic) bond motifs is 2. The van der Waals surface area contributed by atoms with Crippen LogP contribution in [-0.2, 0) is 0 Å². The van der Waals surface area contributed by atoms with Crippen molar-refractivity contribution in [1.82, 2.24) is 19.2 Å². The first-order valence-electron chi connectivity index (χ1n) is 9.93. The monoisotopic (exact) mass is 395 g/mol. The second kappa shape index (κ2) is 6.91. The second-order valence-electron chi connectivity index (χ2n) is 8.06. The normalized spacial score (nSPS) is 17.9. The van der Waals surface area contributed by atoms with E-state index in [1.54, 1.807) is 16.8 Å². The Bertz CT molecular complexity index is 1210. The molecule has 5 rings (SSSR count). The van der Waals surface area contributed by atoms with Crippen molar-refractivity contribution in [1.29, 1.82) is 0 Å². The molecular weight excluding hydrogens is 372 g/mol. The van der Waals surface area contributed by atoms with Crippen LogP contribution in [0.25, 0.3) is 23.0 Å². The SMILES string of the molecule is Cc1cn2cc(-c3cc(F)c4c(c3)=NCN(C3CCN(C)CC3)C=4)cc(F)c2n1. The van der Waals surface area contributed by atoms with Crippen molar-refractivity contribution in [3.8, 4) is 11.1 Å². The van der Waals surface area contributed by atoms with E-state index < -0.39 is 5.82 Å². The minimum Gasteiger partial charge on any atom is -0.355 e. The Morgan fingerprint density at radius 3 is 2.55 bits per heavy atom. The third-order valence-corrected chi connectivity index (χ3v) is 5.92.